The standard InChI is InChI=1S/C28H23ClN2O6/c1-15-13-16(2)17(3)22(14-15)37-27(34)18-9-11-19(12-10-18)30-24-23(29)25(32)31(26(24)33)21-8-6-5-7-20(21)28(35)36-4/h5-14,30H,1-4H3. The third-order valence-electron chi connectivity index (χ3n) is 5.93. The number of halogens is 1. The molecule has 0 aromatic heterocycles. The number of nitrogens with zero attached hydrogens (tertiary/aromatic N) is 1. The van der Waals surface area contributed by atoms with Crippen LogP contribution < -0.4 is 15.0 Å². The van der Waals surface area contributed by atoms with E-state index in [1.54, 1.807) is 30.3 Å². The van der Waals surface area contributed by atoms with Gasteiger partial charge in [-0.1, -0.05) is 29.8 Å². The van der Waals surface area contributed by atoms with E-state index in [1.165, 1.54) is 31.4 Å². The molecular formula is C28H23ClN2O6. The number of carbonyl (C=O) groups is 4. The Bertz CT molecular complexity index is 1480. The summed E-state index contributed by atoms with van der Waals surface area (Å²) in [7, 11) is 1.20. The molecule has 1 N–H and O–H groups in total. The molecule has 9 heteroatoms. The fraction of sp³-hybridized carbons (Fsp3) is 0.143. The number of nitrogens with one attached hydrogen (secondary N) is 1. The quantitative estimate of drug-likeness (QED) is 0.276. The summed E-state index contributed by atoms with van der Waals surface area (Å²) >= 11 is 6.21. The van der Waals surface area contributed by atoms with E-state index >= 15 is 0 Å². The van der Waals surface area contributed by atoms with E-state index in [9.17, 15) is 19.2 Å². The lowest BCUT2D eigenvalue weighted by Gasteiger charge is -2.18. The molecule has 0 atom stereocenters. The van der Waals surface area contributed by atoms with Gasteiger partial charge in [-0.15, -0.1) is 0 Å². The predicted octanol–water partition coefficient (Wildman–Crippen LogP) is 5.05. The highest BCUT2D eigenvalue weighted by molar-refractivity contribution is 6.53. The van der Waals surface area contributed by atoms with Gasteiger partial charge in [0.1, 0.15) is 16.5 Å². The lowest BCUT2D eigenvalue weighted by atomic mass is 10.1. The normalized spacial score (nSPS) is 13.2. The number of carbonyl (C=O) groups excluding carboxylic acids is 4. The van der Waals surface area contributed by atoms with E-state index in [2.05, 4.69) is 5.32 Å². The van der Waals surface area contributed by atoms with E-state index in [1.807, 2.05) is 26.8 Å². The number of anilines is 2. The Morgan fingerprint density at radius 3 is 2.24 bits per heavy atom. The Morgan fingerprint density at radius 2 is 1.57 bits per heavy atom. The summed E-state index contributed by atoms with van der Waals surface area (Å²) in [6.07, 6.45) is 0. The largest absolute Gasteiger partial charge is 0.465 e. The number of methoxy groups -OCH3 is 1. The van der Waals surface area contributed by atoms with Gasteiger partial charge in [-0.25, -0.2) is 14.5 Å². The molecule has 0 saturated carbocycles. The van der Waals surface area contributed by atoms with Crippen molar-refractivity contribution in [2.75, 3.05) is 17.3 Å². The number of hydrogen-bond donors (Lipinski definition) is 1. The van der Waals surface area contributed by atoms with E-state index in [-0.39, 0.29) is 22.0 Å². The molecule has 1 aliphatic heterocycles. The van der Waals surface area contributed by atoms with Crippen LogP contribution >= 0.6 is 11.6 Å². The molecule has 8 nitrogen and oxygen atoms in total. The highest BCUT2D eigenvalue weighted by Crippen LogP contribution is 2.32. The molecule has 4 rings (SSSR count). The zero-order valence-electron chi connectivity index (χ0n) is 20.5. The zero-order chi connectivity index (χ0) is 26.9. The van der Waals surface area contributed by atoms with Gasteiger partial charge in [0.15, 0.2) is 0 Å². The summed E-state index contributed by atoms with van der Waals surface area (Å²) in [5.74, 6) is -2.26. The second kappa shape index (κ2) is 10.3. The van der Waals surface area contributed by atoms with Crippen molar-refractivity contribution in [3.05, 3.63) is 99.2 Å². The lowest BCUT2D eigenvalue weighted by molar-refractivity contribution is -0.120. The van der Waals surface area contributed by atoms with Gasteiger partial charge in [-0.3, -0.25) is 9.59 Å². The molecule has 1 aliphatic rings. The molecule has 0 saturated heterocycles. The number of hydrogen-bond acceptors (Lipinski definition) is 7. The van der Waals surface area contributed by atoms with Gasteiger partial charge in [0.2, 0.25) is 0 Å². The van der Waals surface area contributed by atoms with Gasteiger partial charge in [-0.2, -0.15) is 0 Å². The first kappa shape index (κ1) is 25.7. The smallest absolute Gasteiger partial charge is 0.343 e. The summed E-state index contributed by atoms with van der Waals surface area (Å²) in [4.78, 5) is 51.6. The highest BCUT2D eigenvalue weighted by atomic mass is 35.5. The summed E-state index contributed by atoms with van der Waals surface area (Å²) < 4.78 is 10.3. The molecule has 37 heavy (non-hydrogen) atoms. The number of ether oxygens (including phenoxy) is 2. The minimum absolute atomic E-state index is 0.0410. The summed E-state index contributed by atoms with van der Waals surface area (Å²) in [6, 6.07) is 16.1. The van der Waals surface area contributed by atoms with E-state index in [0.29, 0.717) is 17.0 Å². The minimum Gasteiger partial charge on any atom is -0.465 e. The van der Waals surface area contributed by atoms with Crippen LogP contribution in [0.1, 0.15) is 37.4 Å². The summed E-state index contributed by atoms with van der Waals surface area (Å²) in [6.45, 7) is 5.76. The van der Waals surface area contributed by atoms with Crippen LogP contribution in [0.2, 0.25) is 0 Å². The van der Waals surface area contributed by atoms with Crippen molar-refractivity contribution in [1.82, 2.24) is 0 Å². The maximum Gasteiger partial charge on any atom is 0.343 e. The van der Waals surface area contributed by atoms with Gasteiger partial charge in [-0.05, 0) is 79.9 Å². The summed E-state index contributed by atoms with van der Waals surface area (Å²) in [5, 5.41) is 2.51. The van der Waals surface area contributed by atoms with Crippen LogP contribution in [0, 0.1) is 20.8 Å². The fourth-order valence-corrected chi connectivity index (χ4v) is 4.09. The fourth-order valence-electron chi connectivity index (χ4n) is 3.88. The zero-order valence-corrected chi connectivity index (χ0v) is 21.3. The second-order valence-corrected chi connectivity index (χ2v) is 8.82. The monoisotopic (exact) mass is 518 g/mol. The van der Waals surface area contributed by atoms with E-state index in [4.69, 9.17) is 21.1 Å². The first-order chi connectivity index (χ1) is 17.6. The predicted molar refractivity (Wildman–Crippen MR) is 139 cm³/mol. The van der Waals surface area contributed by atoms with Crippen molar-refractivity contribution >= 4 is 46.7 Å². The molecule has 0 fully saturated rings. The molecule has 1 heterocycles. The maximum atomic E-state index is 13.1. The van der Waals surface area contributed by atoms with Gasteiger partial charge in [0.25, 0.3) is 11.8 Å². The Morgan fingerprint density at radius 1 is 0.892 bits per heavy atom. The van der Waals surface area contributed by atoms with E-state index in [0.717, 1.165) is 21.6 Å². The average Bonchev–Trinajstić information content (AvgIpc) is 3.09. The number of esters is 2. The molecule has 0 aliphatic carbocycles. The van der Waals surface area contributed by atoms with Crippen LogP contribution in [-0.4, -0.2) is 30.9 Å². The van der Waals surface area contributed by atoms with Crippen LogP contribution in [0.4, 0.5) is 11.4 Å². The summed E-state index contributed by atoms with van der Waals surface area (Å²) in [5.41, 5.74) is 3.52. The Balaban J connectivity index is 1.53. The van der Waals surface area contributed by atoms with Gasteiger partial charge in [0, 0.05) is 5.69 Å². The van der Waals surface area contributed by atoms with Crippen LogP contribution in [0.5, 0.6) is 5.75 Å². The third kappa shape index (κ3) is 4.96. The van der Waals surface area contributed by atoms with Gasteiger partial charge >= 0.3 is 11.9 Å². The number of benzene rings is 3. The topological polar surface area (TPSA) is 102 Å². The van der Waals surface area contributed by atoms with Gasteiger partial charge < -0.3 is 14.8 Å². The van der Waals surface area contributed by atoms with Crippen molar-refractivity contribution < 1.29 is 28.7 Å². The second-order valence-electron chi connectivity index (χ2n) is 8.44. The van der Waals surface area contributed by atoms with Crippen molar-refractivity contribution in [1.29, 1.82) is 0 Å². The number of rotatable bonds is 6. The van der Waals surface area contributed by atoms with Crippen molar-refractivity contribution in [2.45, 2.75) is 20.8 Å². The number of amides is 2. The lowest BCUT2D eigenvalue weighted by Crippen LogP contribution is -2.33. The third-order valence-corrected chi connectivity index (χ3v) is 6.28. The van der Waals surface area contributed by atoms with Crippen LogP contribution in [0.25, 0.3) is 0 Å². The number of para-hydroxylation sites is 1. The number of imide groups is 1. The minimum atomic E-state index is -0.783. The van der Waals surface area contributed by atoms with Crippen molar-refractivity contribution in [2.24, 2.45) is 0 Å². The SMILES string of the molecule is COC(=O)c1ccccc1N1C(=O)C(Cl)=C(Nc2ccc(C(=O)Oc3cc(C)cc(C)c3C)cc2)C1=O. The molecule has 0 radical (unpaired) electrons. The molecule has 0 bridgehead atoms. The first-order valence-corrected chi connectivity index (χ1v) is 11.6. The van der Waals surface area contributed by atoms with E-state index < -0.39 is 23.8 Å². The molecule has 0 spiro atoms. The highest BCUT2D eigenvalue weighted by Gasteiger charge is 2.40. The van der Waals surface area contributed by atoms with Gasteiger partial charge in [0.05, 0.1) is 23.9 Å². The molecular weight excluding hydrogens is 496 g/mol. The average molecular weight is 519 g/mol. The number of aryl methyl sites for hydroxylation is 2. The molecule has 188 valence electrons. The molecule has 3 aromatic carbocycles. The Labute approximate surface area is 218 Å². The molecule has 3 aromatic rings. The molecule has 0 unspecified atom stereocenters. The van der Waals surface area contributed by atoms with Crippen molar-refractivity contribution in [3.63, 3.8) is 0 Å². The Kier molecular flexibility index (Phi) is 7.13. The van der Waals surface area contributed by atoms with Crippen LogP contribution in [0.15, 0.2) is 71.4 Å². The first-order valence-electron chi connectivity index (χ1n) is 11.3. The van der Waals surface area contributed by atoms with Crippen LogP contribution in [0.3, 0.4) is 0 Å². The Hall–Kier alpha value is -4.43. The maximum absolute atomic E-state index is 13.1. The molecule has 2 amide bonds. The van der Waals surface area contributed by atoms with Crippen molar-refractivity contribution in [3.8, 4) is 5.75 Å². The van der Waals surface area contributed by atoms with Crippen LogP contribution in [-0.2, 0) is 14.3 Å².